The van der Waals surface area contributed by atoms with Crippen molar-refractivity contribution < 1.29 is 9.59 Å². The van der Waals surface area contributed by atoms with Crippen molar-refractivity contribution >= 4 is 23.0 Å². The van der Waals surface area contributed by atoms with Crippen LogP contribution in [0.3, 0.4) is 0 Å². The van der Waals surface area contributed by atoms with Crippen LogP contribution in [0.15, 0.2) is 29.8 Å². The zero-order valence-corrected chi connectivity index (χ0v) is 9.74. The third-order valence-electron chi connectivity index (χ3n) is 2.43. The molecule has 0 fully saturated rings. The molecule has 6 heteroatoms. The molecule has 0 saturated heterocycles. The van der Waals surface area contributed by atoms with Gasteiger partial charge in [-0.25, -0.2) is 0 Å². The third-order valence-corrected chi connectivity index (χ3v) is 3.34. The van der Waals surface area contributed by atoms with Crippen LogP contribution >= 0.6 is 11.3 Å². The molecule has 2 rings (SSSR count). The number of ketones is 1. The number of hydrogen-bond acceptors (Lipinski definition) is 4. The fourth-order valence-corrected chi connectivity index (χ4v) is 2.22. The van der Waals surface area contributed by atoms with E-state index in [0.29, 0.717) is 10.6 Å². The number of primary amides is 1. The Kier molecular flexibility index (Phi) is 3.34. The van der Waals surface area contributed by atoms with Crippen LogP contribution in [0.5, 0.6) is 0 Å². The summed E-state index contributed by atoms with van der Waals surface area (Å²) in [7, 11) is 0. The van der Waals surface area contributed by atoms with Gasteiger partial charge in [0.25, 0.3) is 0 Å². The maximum absolute atomic E-state index is 11.9. The first-order valence-electron chi connectivity index (χ1n) is 5.04. The van der Waals surface area contributed by atoms with Gasteiger partial charge in [0.15, 0.2) is 5.78 Å². The molecule has 1 amide bonds. The summed E-state index contributed by atoms with van der Waals surface area (Å²) in [6, 6.07) is 5.18. The molecule has 2 aromatic rings. The molecule has 0 radical (unpaired) electrons. The Labute approximate surface area is 102 Å². The largest absolute Gasteiger partial charge is 0.369 e. The van der Waals surface area contributed by atoms with Crippen molar-refractivity contribution in [3.05, 3.63) is 40.3 Å². The van der Waals surface area contributed by atoms with Crippen LogP contribution in [0, 0.1) is 0 Å². The third kappa shape index (κ3) is 2.59. The van der Waals surface area contributed by atoms with Gasteiger partial charge >= 0.3 is 0 Å². The molecule has 88 valence electrons. The van der Waals surface area contributed by atoms with Gasteiger partial charge < -0.3 is 5.73 Å². The summed E-state index contributed by atoms with van der Waals surface area (Å²) in [6.45, 7) is 0. The highest BCUT2D eigenvalue weighted by Gasteiger charge is 2.23. The highest BCUT2D eigenvalue weighted by molar-refractivity contribution is 7.12. The quantitative estimate of drug-likeness (QED) is 0.783. The molecular weight excluding hydrogens is 238 g/mol. The molecule has 0 aliphatic carbocycles. The van der Waals surface area contributed by atoms with Crippen LogP contribution in [0.4, 0.5) is 0 Å². The SMILES string of the molecule is NC(=O)C(CC(=O)c1cccs1)c1ccn[nH]1. The molecular formula is C11H11N3O2S. The predicted molar refractivity (Wildman–Crippen MR) is 63.8 cm³/mol. The number of nitrogens with one attached hydrogen (secondary N) is 1. The number of H-pyrrole nitrogens is 1. The zero-order valence-electron chi connectivity index (χ0n) is 8.92. The van der Waals surface area contributed by atoms with Gasteiger partial charge in [-0.3, -0.25) is 14.7 Å². The van der Waals surface area contributed by atoms with Crippen molar-refractivity contribution in [2.45, 2.75) is 12.3 Å². The lowest BCUT2D eigenvalue weighted by Crippen LogP contribution is -2.24. The van der Waals surface area contributed by atoms with E-state index in [1.165, 1.54) is 17.5 Å². The average molecular weight is 249 g/mol. The normalized spacial score (nSPS) is 12.2. The molecule has 0 aromatic carbocycles. The zero-order chi connectivity index (χ0) is 12.3. The summed E-state index contributed by atoms with van der Waals surface area (Å²) in [5, 5.41) is 8.25. The molecule has 1 atom stereocenters. The molecule has 2 heterocycles. The first kappa shape index (κ1) is 11.5. The number of nitrogens with two attached hydrogens (primary N) is 1. The predicted octanol–water partition coefficient (Wildman–Crippen LogP) is 1.31. The molecule has 0 aliphatic rings. The van der Waals surface area contributed by atoms with Crippen LogP contribution in [-0.4, -0.2) is 21.9 Å². The van der Waals surface area contributed by atoms with E-state index in [4.69, 9.17) is 5.73 Å². The average Bonchev–Trinajstić information content (AvgIpc) is 2.97. The van der Waals surface area contributed by atoms with Crippen molar-refractivity contribution in [3.63, 3.8) is 0 Å². The molecule has 0 spiro atoms. The van der Waals surface area contributed by atoms with E-state index in [9.17, 15) is 9.59 Å². The minimum absolute atomic E-state index is 0.0675. The summed E-state index contributed by atoms with van der Waals surface area (Å²) in [6.07, 6.45) is 1.60. The molecule has 2 aromatic heterocycles. The van der Waals surface area contributed by atoms with Gasteiger partial charge in [0.05, 0.1) is 10.8 Å². The molecule has 1 unspecified atom stereocenters. The summed E-state index contributed by atoms with van der Waals surface area (Å²) in [4.78, 5) is 23.8. The summed E-state index contributed by atoms with van der Waals surface area (Å²) < 4.78 is 0. The van der Waals surface area contributed by atoms with Crippen LogP contribution in [0.25, 0.3) is 0 Å². The Morgan fingerprint density at radius 1 is 1.47 bits per heavy atom. The summed E-state index contributed by atoms with van der Waals surface area (Å²) in [5.74, 6) is -1.26. The smallest absolute Gasteiger partial charge is 0.227 e. The van der Waals surface area contributed by atoms with Gasteiger partial charge in [-0.05, 0) is 17.5 Å². The van der Waals surface area contributed by atoms with E-state index in [-0.39, 0.29) is 12.2 Å². The van der Waals surface area contributed by atoms with Crippen molar-refractivity contribution in [1.82, 2.24) is 10.2 Å². The van der Waals surface area contributed by atoms with Gasteiger partial charge in [0.1, 0.15) is 0 Å². The molecule has 0 saturated carbocycles. The lowest BCUT2D eigenvalue weighted by atomic mass is 9.97. The first-order valence-corrected chi connectivity index (χ1v) is 5.91. The maximum atomic E-state index is 11.9. The number of nitrogens with zero attached hydrogens (tertiary/aromatic N) is 1. The number of amides is 1. The minimum atomic E-state index is -0.646. The van der Waals surface area contributed by atoms with Gasteiger partial charge in [-0.2, -0.15) is 5.10 Å². The second-order valence-electron chi connectivity index (χ2n) is 3.57. The first-order chi connectivity index (χ1) is 8.18. The maximum Gasteiger partial charge on any atom is 0.227 e. The highest BCUT2D eigenvalue weighted by Crippen LogP contribution is 2.21. The second kappa shape index (κ2) is 4.92. The topological polar surface area (TPSA) is 88.8 Å². The fourth-order valence-electron chi connectivity index (χ4n) is 1.55. The Balaban J connectivity index is 2.14. The van der Waals surface area contributed by atoms with Crippen molar-refractivity contribution in [1.29, 1.82) is 0 Å². The fraction of sp³-hybridized carbons (Fsp3) is 0.182. The Morgan fingerprint density at radius 3 is 2.82 bits per heavy atom. The van der Waals surface area contributed by atoms with Gasteiger partial charge in [0.2, 0.25) is 5.91 Å². The highest BCUT2D eigenvalue weighted by atomic mass is 32.1. The van der Waals surface area contributed by atoms with Crippen LogP contribution in [-0.2, 0) is 4.79 Å². The second-order valence-corrected chi connectivity index (χ2v) is 4.52. The summed E-state index contributed by atoms with van der Waals surface area (Å²) in [5.41, 5.74) is 5.87. The summed E-state index contributed by atoms with van der Waals surface area (Å²) >= 11 is 1.35. The molecule has 17 heavy (non-hydrogen) atoms. The number of rotatable bonds is 5. The van der Waals surface area contributed by atoms with E-state index in [1.807, 2.05) is 5.38 Å². The lowest BCUT2D eigenvalue weighted by Gasteiger charge is -2.09. The minimum Gasteiger partial charge on any atom is -0.369 e. The van der Waals surface area contributed by atoms with E-state index >= 15 is 0 Å². The van der Waals surface area contributed by atoms with Gasteiger partial charge in [0, 0.05) is 18.3 Å². The van der Waals surface area contributed by atoms with E-state index in [2.05, 4.69) is 10.2 Å². The number of hydrogen-bond donors (Lipinski definition) is 2. The van der Waals surface area contributed by atoms with Crippen molar-refractivity contribution in [2.75, 3.05) is 0 Å². The molecule has 5 nitrogen and oxygen atoms in total. The number of aromatic nitrogens is 2. The number of thiophene rings is 1. The van der Waals surface area contributed by atoms with Gasteiger partial charge in [-0.15, -0.1) is 11.3 Å². The Morgan fingerprint density at radius 2 is 2.29 bits per heavy atom. The molecule has 3 N–H and O–H groups in total. The standard InChI is InChI=1S/C11H11N3O2S/c12-11(16)7(8-3-4-13-14-8)6-9(15)10-2-1-5-17-10/h1-5,7H,6H2,(H2,12,16)(H,13,14). The molecule has 0 aliphatic heterocycles. The molecule has 0 bridgehead atoms. The number of aromatic amines is 1. The van der Waals surface area contributed by atoms with E-state index in [1.54, 1.807) is 18.2 Å². The van der Waals surface area contributed by atoms with Crippen molar-refractivity contribution in [2.24, 2.45) is 5.73 Å². The van der Waals surface area contributed by atoms with Crippen molar-refractivity contribution in [3.8, 4) is 0 Å². The van der Waals surface area contributed by atoms with E-state index < -0.39 is 11.8 Å². The van der Waals surface area contributed by atoms with Crippen LogP contribution in [0.2, 0.25) is 0 Å². The van der Waals surface area contributed by atoms with Crippen LogP contribution < -0.4 is 5.73 Å². The monoisotopic (exact) mass is 249 g/mol. The van der Waals surface area contributed by atoms with Gasteiger partial charge in [-0.1, -0.05) is 6.07 Å². The number of carbonyl (C=O) groups excluding carboxylic acids is 2. The lowest BCUT2D eigenvalue weighted by molar-refractivity contribution is -0.119. The van der Waals surface area contributed by atoms with E-state index in [0.717, 1.165) is 0 Å². The number of carbonyl (C=O) groups is 2. The Hall–Kier alpha value is -1.95. The number of Topliss-reactive ketones (excluding diaryl/α,β-unsaturated/α-hetero) is 1. The van der Waals surface area contributed by atoms with Crippen LogP contribution in [0.1, 0.15) is 27.7 Å². The Bertz CT molecular complexity index is 505.